The second-order valence-electron chi connectivity index (χ2n) is 12.9. The summed E-state index contributed by atoms with van der Waals surface area (Å²) in [6, 6.07) is 31.1. The minimum Gasteiger partial charge on any atom is -0.303 e. The summed E-state index contributed by atoms with van der Waals surface area (Å²) in [6.45, 7) is 7.11. The van der Waals surface area contributed by atoms with E-state index in [4.69, 9.17) is 34.0 Å². The molecule has 0 unspecified atom stereocenters. The maximum absolute atomic E-state index is 12.1. The average Bonchev–Trinajstić information content (AvgIpc) is 3.59. The fourth-order valence-electron chi connectivity index (χ4n) is 5.63. The third kappa shape index (κ3) is 7.61. The van der Waals surface area contributed by atoms with E-state index in [0.29, 0.717) is 21.9 Å². The third-order valence-corrected chi connectivity index (χ3v) is 9.53. The number of hydrogen-bond donors (Lipinski definition) is 1. The van der Waals surface area contributed by atoms with Crippen LogP contribution >= 0.6 is 35.3 Å². The highest BCUT2D eigenvalue weighted by Gasteiger charge is 2.27. The molecule has 1 aliphatic rings. The van der Waals surface area contributed by atoms with Gasteiger partial charge in [0, 0.05) is 28.9 Å². The van der Waals surface area contributed by atoms with Crippen LogP contribution in [0.2, 0.25) is 10.0 Å². The Labute approximate surface area is 285 Å². The highest BCUT2D eigenvalue weighted by atomic mass is 35.5. The molecule has 1 aromatic heterocycles. The summed E-state index contributed by atoms with van der Waals surface area (Å²) < 4.78 is 5.11. The van der Waals surface area contributed by atoms with Crippen LogP contribution in [0.4, 0.5) is 5.69 Å². The molecule has 9 heteroatoms. The van der Waals surface area contributed by atoms with Crippen molar-refractivity contribution >= 4 is 46.9 Å². The molecule has 2 N–H and O–H groups in total. The lowest BCUT2D eigenvalue weighted by Gasteiger charge is -2.17. The van der Waals surface area contributed by atoms with Crippen LogP contribution in [0.1, 0.15) is 50.6 Å². The first kappa shape index (κ1) is 32.2. The molecule has 236 valence electrons. The van der Waals surface area contributed by atoms with Crippen LogP contribution in [-0.4, -0.2) is 26.4 Å². The molecule has 4 aromatic carbocycles. The number of nitrogens with zero attached hydrogens (tertiary/aromatic N) is 4. The van der Waals surface area contributed by atoms with Gasteiger partial charge in [-0.3, -0.25) is 9.10 Å². The lowest BCUT2D eigenvalue weighted by molar-refractivity contribution is -0.123. The van der Waals surface area contributed by atoms with Gasteiger partial charge in [-0.25, -0.2) is 10.8 Å². The number of hydrazine groups is 1. The first-order chi connectivity index (χ1) is 22.0. The lowest BCUT2D eigenvalue weighted by Crippen LogP contribution is -2.26. The van der Waals surface area contributed by atoms with Gasteiger partial charge in [0.1, 0.15) is 12.4 Å². The molecule has 0 bridgehead atoms. The van der Waals surface area contributed by atoms with E-state index in [1.807, 2.05) is 46.9 Å². The molecule has 0 radical (unpaired) electrons. The van der Waals surface area contributed by atoms with Gasteiger partial charge in [0.25, 0.3) is 5.91 Å². The van der Waals surface area contributed by atoms with Crippen molar-refractivity contribution in [3.63, 3.8) is 0 Å². The average molecular weight is 671 g/mol. The molecule has 0 atom stereocenters. The highest BCUT2D eigenvalue weighted by Crippen LogP contribution is 2.34. The van der Waals surface area contributed by atoms with Gasteiger partial charge in [-0.15, -0.1) is 0 Å². The zero-order valence-corrected chi connectivity index (χ0v) is 28.5. The summed E-state index contributed by atoms with van der Waals surface area (Å²) in [6.07, 6.45) is 6.09. The number of carbonyl (C=O) groups excluding carboxylic acids is 1. The van der Waals surface area contributed by atoms with Crippen LogP contribution in [0, 0.1) is 5.41 Å². The smallest absolute Gasteiger partial charge is 0.268 e. The molecule has 5 aromatic rings. The van der Waals surface area contributed by atoms with E-state index in [1.54, 1.807) is 6.07 Å². The summed E-state index contributed by atoms with van der Waals surface area (Å²) in [7, 11) is 0. The molecular formula is C37H37Cl2N5OS. The molecule has 46 heavy (non-hydrogen) atoms. The maximum Gasteiger partial charge on any atom is 0.268 e. The van der Waals surface area contributed by atoms with E-state index in [1.165, 1.54) is 41.7 Å². The molecule has 1 saturated heterocycles. The number of aryl methyl sites for hydroxylation is 1. The van der Waals surface area contributed by atoms with Gasteiger partial charge in [-0.2, -0.15) is 4.41 Å². The van der Waals surface area contributed by atoms with Crippen molar-refractivity contribution in [1.82, 2.24) is 14.0 Å². The van der Waals surface area contributed by atoms with Gasteiger partial charge in [0.2, 0.25) is 0 Å². The number of carbonyl (C=O) groups is 1. The number of hydrogen-bond acceptors (Lipinski definition) is 5. The standard InChI is InChI=1S/C37H37Cl2N5OS/c1-37(2,3)18-6-8-25-7-4-9-28(19-25)27-14-12-26(13-15-27)20-35-41-34(32-17-16-29(38)21-33(32)39)23-42(35)30-10-5-11-31(22-30)43-24-36(45)44(40)46-43/h4-5,7,9-17,19,21-23H,6,8,18,20,24,40H2,1-3H3. The van der Waals surface area contributed by atoms with Gasteiger partial charge in [-0.05, 0) is 83.3 Å². The number of halogens is 2. The van der Waals surface area contributed by atoms with Crippen molar-refractivity contribution in [3.8, 4) is 28.1 Å². The third-order valence-electron chi connectivity index (χ3n) is 8.06. The van der Waals surface area contributed by atoms with Crippen molar-refractivity contribution in [3.05, 3.63) is 124 Å². The number of rotatable bonds is 9. The molecule has 0 saturated carbocycles. The Hall–Kier alpha value is -3.75. The minimum absolute atomic E-state index is 0.144. The first-order valence-corrected chi connectivity index (χ1v) is 16.9. The van der Waals surface area contributed by atoms with Gasteiger partial charge in [0.15, 0.2) is 0 Å². The molecule has 0 spiro atoms. The second-order valence-corrected chi connectivity index (χ2v) is 14.7. The molecular weight excluding hydrogens is 633 g/mol. The van der Waals surface area contributed by atoms with Gasteiger partial charge < -0.3 is 4.57 Å². The Morgan fingerprint density at radius 2 is 1.63 bits per heavy atom. The van der Waals surface area contributed by atoms with Crippen LogP contribution in [0.5, 0.6) is 0 Å². The Morgan fingerprint density at radius 1 is 0.870 bits per heavy atom. The summed E-state index contributed by atoms with van der Waals surface area (Å²) in [5.41, 5.74) is 8.64. The maximum atomic E-state index is 12.1. The van der Waals surface area contributed by atoms with E-state index in [9.17, 15) is 4.79 Å². The Balaban J connectivity index is 1.28. The lowest BCUT2D eigenvalue weighted by atomic mass is 9.88. The predicted octanol–water partition coefficient (Wildman–Crippen LogP) is 9.56. The summed E-state index contributed by atoms with van der Waals surface area (Å²) in [5, 5.41) is 1.11. The second kappa shape index (κ2) is 13.5. The summed E-state index contributed by atoms with van der Waals surface area (Å²) >= 11 is 14.0. The number of imidazole rings is 1. The first-order valence-electron chi connectivity index (χ1n) is 15.4. The van der Waals surface area contributed by atoms with Crippen LogP contribution < -0.4 is 10.1 Å². The van der Waals surface area contributed by atoms with E-state index in [0.717, 1.165) is 44.9 Å². The molecule has 1 fully saturated rings. The molecule has 0 aliphatic carbocycles. The zero-order valence-electron chi connectivity index (χ0n) is 26.2. The van der Waals surface area contributed by atoms with E-state index >= 15 is 0 Å². The van der Waals surface area contributed by atoms with E-state index < -0.39 is 0 Å². The number of amides is 1. The monoisotopic (exact) mass is 669 g/mol. The molecule has 1 amide bonds. The normalized spacial score (nSPS) is 13.6. The van der Waals surface area contributed by atoms with Gasteiger partial charge in [-0.1, -0.05) is 98.6 Å². The molecule has 1 aliphatic heterocycles. The Kier molecular flexibility index (Phi) is 9.48. The summed E-state index contributed by atoms with van der Waals surface area (Å²) in [5.74, 6) is 6.53. The Morgan fingerprint density at radius 3 is 2.35 bits per heavy atom. The zero-order chi connectivity index (χ0) is 32.4. The van der Waals surface area contributed by atoms with Crippen molar-refractivity contribution in [2.24, 2.45) is 11.3 Å². The number of nitrogens with two attached hydrogens (primary N) is 1. The molecule has 6 nitrogen and oxygen atoms in total. The SMILES string of the molecule is CC(C)(C)CCCc1cccc(-c2ccc(Cc3nc(-c4ccc(Cl)cc4Cl)cn3-c3cccc(N4CC(=O)N(N)S4)c3)cc2)c1. The Bertz CT molecular complexity index is 1860. The number of aromatic nitrogens is 2. The largest absolute Gasteiger partial charge is 0.303 e. The van der Waals surface area contributed by atoms with E-state index in [2.05, 4.69) is 73.9 Å². The van der Waals surface area contributed by atoms with Gasteiger partial charge >= 0.3 is 0 Å². The van der Waals surface area contributed by atoms with Crippen molar-refractivity contribution in [2.75, 3.05) is 10.8 Å². The fraction of sp³-hybridized carbons (Fsp3) is 0.243. The number of benzene rings is 4. The quantitative estimate of drug-likeness (QED) is 0.0962. The highest BCUT2D eigenvalue weighted by molar-refractivity contribution is 7.99. The topological polar surface area (TPSA) is 67.4 Å². The van der Waals surface area contributed by atoms with Crippen LogP contribution in [-0.2, 0) is 17.6 Å². The predicted molar refractivity (Wildman–Crippen MR) is 192 cm³/mol. The number of anilines is 1. The molecule has 2 heterocycles. The van der Waals surface area contributed by atoms with Crippen LogP contribution in [0.3, 0.4) is 0 Å². The van der Waals surface area contributed by atoms with Crippen LogP contribution in [0.25, 0.3) is 28.1 Å². The van der Waals surface area contributed by atoms with Crippen LogP contribution in [0.15, 0.2) is 97.2 Å². The molecule has 6 rings (SSSR count). The van der Waals surface area contributed by atoms with Gasteiger partial charge in [0.05, 0.1) is 28.5 Å². The fourth-order valence-corrected chi connectivity index (χ4v) is 6.87. The van der Waals surface area contributed by atoms with Crippen molar-refractivity contribution in [1.29, 1.82) is 0 Å². The van der Waals surface area contributed by atoms with Crippen molar-refractivity contribution < 1.29 is 4.79 Å². The van der Waals surface area contributed by atoms with Crippen molar-refractivity contribution in [2.45, 2.75) is 46.5 Å². The minimum atomic E-state index is -0.144. The van der Waals surface area contributed by atoms with E-state index in [-0.39, 0.29) is 12.5 Å². The summed E-state index contributed by atoms with van der Waals surface area (Å²) in [4.78, 5) is 17.2.